The van der Waals surface area contributed by atoms with Crippen LogP contribution in [0.2, 0.25) is 0 Å². The number of hydrogen-bond donors (Lipinski definition) is 1. The fraction of sp³-hybridized carbons (Fsp3) is 0.500. The molecule has 1 aliphatic carbocycles. The molecule has 0 unspecified atom stereocenters. The van der Waals surface area contributed by atoms with Crippen LogP contribution < -0.4 is 5.73 Å². The van der Waals surface area contributed by atoms with E-state index in [1.165, 1.54) is 12.8 Å². The van der Waals surface area contributed by atoms with Gasteiger partial charge in [0.2, 0.25) is 0 Å². The fourth-order valence-electron chi connectivity index (χ4n) is 1.51. The Labute approximate surface area is 98.8 Å². The number of hydrogen-bond acceptors (Lipinski definition) is 2. The lowest BCUT2D eigenvalue weighted by Gasteiger charge is -2.11. The molecule has 1 aromatic heterocycles. The van der Waals surface area contributed by atoms with E-state index in [0.717, 1.165) is 22.5 Å². The van der Waals surface area contributed by atoms with E-state index in [2.05, 4.69) is 20.9 Å². The largest absolute Gasteiger partial charge is 0.324 e. The lowest BCUT2D eigenvalue weighted by molar-refractivity contribution is 0.593. The van der Waals surface area contributed by atoms with Crippen molar-refractivity contribution >= 4 is 28.3 Å². The molecule has 0 spiro atoms. The van der Waals surface area contributed by atoms with Crippen molar-refractivity contribution in [1.29, 1.82) is 0 Å². The van der Waals surface area contributed by atoms with E-state index < -0.39 is 0 Å². The minimum Gasteiger partial charge on any atom is -0.324 e. The molecule has 1 aliphatic rings. The molecule has 1 saturated carbocycles. The molecule has 1 fully saturated rings. The van der Waals surface area contributed by atoms with Gasteiger partial charge in [0.1, 0.15) is 4.60 Å². The maximum Gasteiger partial charge on any atom is 0.110 e. The zero-order chi connectivity index (χ0) is 9.26. The Hall–Kier alpha value is -0.120. The van der Waals surface area contributed by atoms with Crippen LogP contribution in [0.15, 0.2) is 22.9 Å². The third kappa shape index (κ3) is 2.94. The van der Waals surface area contributed by atoms with Crippen LogP contribution in [0.5, 0.6) is 0 Å². The van der Waals surface area contributed by atoms with Gasteiger partial charge in [-0.1, -0.05) is 18.9 Å². The highest BCUT2D eigenvalue weighted by Gasteiger charge is 2.25. The molecule has 0 amide bonds. The van der Waals surface area contributed by atoms with Crippen LogP contribution >= 0.6 is 28.3 Å². The standard InChI is InChI=1S/C10H13BrN2.ClH/c11-10-8(2-1-5-13-10)9(12)6-7-3-4-7;/h1-2,5,7,9H,3-4,6,12H2;1H/t9-;/m1./s1. The van der Waals surface area contributed by atoms with E-state index in [1.54, 1.807) is 6.20 Å². The van der Waals surface area contributed by atoms with E-state index >= 15 is 0 Å². The maximum atomic E-state index is 6.07. The van der Waals surface area contributed by atoms with Crippen molar-refractivity contribution in [3.63, 3.8) is 0 Å². The molecule has 14 heavy (non-hydrogen) atoms. The predicted octanol–water partition coefficient (Wildman–Crippen LogP) is 3.07. The number of rotatable bonds is 3. The van der Waals surface area contributed by atoms with E-state index in [0.29, 0.717) is 0 Å². The Bertz CT molecular complexity index is 302. The van der Waals surface area contributed by atoms with Gasteiger partial charge in [0.05, 0.1) is 0 Å². The van der Waals surface area contributed by atoms with Crippen molar-refractivity contribution in [2.45, 2.75) is 25.3 Å². The molecule has 0 aliphatic heterocycles. The number of halogens is 2. The molecule has 2 nitrogen and oxygen atoms in total. The van der Waals surface area contributed by atoms with Crippen molar-refractivity contribution in [1.82, 2.24) is 4.98 Å². The van der Waals surface area contributed by atoms with Gasteiger partial charge in [-0.2, -0.15) is 0 Å². The molecule has 2 rings (SSSR count). The summed E-state index contributed by atoms with van der Waals surface area (Å²) in [7, 11) is 0. The predicted molar refractivity (Wildman–Crippen MR) is 63.5 cm³/mol. The quantitative estimate of drug-likeness (QED) is 0.863. The normalized spacial score (nSPS) is 17.3. The Morgan fingerprint density at radius 3 is 2.86 bits per heavy atom. The van der Waals surface area contributed by atoms with Gasteiger partial charge in [-0.3, -0.25) is 0 Å². The van der Waals surface area contributed by atoms with Crippen molar-refractivity contribution in [2.75, 3.05) is 0 Å². The van der Waals surface area contributed by atoms with Gasteiger partial charge in [0.15, 0.2) is 0 Å². The summed E-state index contributed by atoms with van der Waals surface area (Å²) < 4.78 is 0.892. The average Bonchev–Trinajstić information content (AvgIpc) is 2.89. The second-order valence-corrected chi connectivity index (χ2v) is 4.42. The van der Waals surface area contributed by atoms with Crippen LogP contribution in [0.4, 0.5) is 0 Å². The first kappa shape index (κ1) is 12.0. The van der Waals surface area contributed by atoms with E-state index in [4.69, 9.17) is 5.73 Å². The summed E-state index contributed by atoms with van der Waals surface area (Å²) in [5.41, 5.74) is 7.20. The molecule has 1 atom stereocenters. The van der Waals surface area contributed by atoms with Gasteiger partial charge < -0.3 is 5.73 Å². The second-order valence-electron chi connectivity index (χ2n) is 3.67. The Balaban J connectivity index is 0.000000980. The lowest BCUT2D eigenvalue weighted by Crippen LogP contribution is -2.11. The SMILES string of the molecule is Cl.N[C@H](CC1CC1)c1cccnc1Br. The molecular formula is C10H14BrClN2. The van der Waals surface area contributed by atoms with Gasteiger partial charge >= 0.3 is 0 Å². The van der Waals surface area contributed by atoms with Crippen LogP contribution in [0.1, 0.15) is 30.9 Å². The van der Waals surface area contributed by atoms with Crippen molar-refractivity contribution < 1.29 is 0 Å². The Morgan fingerprint density at radius 2 is 2.29 bits per heavy atom. The molecule has 1 aromatic rings. The Morgan fingerprint density at radius 1 is 1.57 bits per heavy atom. The molecule has 1 heterocycles. The topological polar surface area (TPSA) is 38.9 Å². The monoisotopic (exact) mass is 276 g/mol. The van der Waals surface area contributed by atoms with Crippen LogP contribution in [-0.2, 0) is 0 Å². The number of nitrogens with two attached hydrogens (primary N) is 1. The average molecular weight is 278 g/mol. The zero-order valence-corrected chi connectivity index (χ0v) is 10.2. The lowest BCUT2D eigenvalue weighted by atomic mass is 10.0. The molecule has 0 radical (unpaired) electrons. The molecular weight excluding hydrogens is 263 g/mol. The number of nitrogens with zero attached hydrogens (tertiary/aromatic N) is 1. The molecule has 4 heteroatoms. The van der Waals surface area contributed by atoms with Crippen LogP contribution in [0, 0.1) is 5.92 Å². The van der Waals surface area contributed by atoms with Crippen LogP contribution in [-0.4, -0.2) is 4.98 Å². The summed E-state index contributed by atoms with van der Waals surface area (Å²) >= 11 is 3.42. The van der Waals surface area contributed by atoms with Crippen LogP contribution in [0.25, 0.3) is 0 Å². The van der Waals surface area contributed by atoms with Gasteiger partial charge in [0.25, 0.3) is 0 Å². The van der Waals surface area contributed by atoms with E-state index in [-0.39, 0.29) is 18.4 Å². The summed E-state index contributed by atoms with van der Waals surface area (Å²) in [6.45, 7) is 0. The number of pyridine rings is 1. The van der Waals surface area contributed by atoms with Crippen molar-refractivity contribution in [3.05, 3.63) is 28.5 Å². The molecule has 0 aromatic carbocycles. The minimum absolute atomic E-state index is 0. The van der Waals surface area contributed by atoms with Gasteiger partial charge in [0, 0.05) is 17.8 Å². The third-order valence-corrected chi connectivity index (χ3v) is 3.13. The molecule has 0 bridgehead atoms. The van der Waals surface area contributed by atoms with Crippen molar-refractivity contribution in [3.8, 4) is 0 Å². The first-order chi connectivity index (χ1) is 6.27. The highest BCUT2D eigenvalue weighted by Crippen LogP contribution is 2.37. The first-order valence-electron chi connectivity index (χ1n) is 4.63. The first-order valence-corrected chi connectivity index (χ1v) is 5.42. The summed E-state index contributed by atoms with van der Waals surface area (Å²) in [4.78, 5) is 4.16. The van der Waals surface area contributed by atoms with E-state index in [1.807, 2.05) is 12.1 Å². The van der Waals surface area contributed by atoms with Crippen molar-refractivity contribution in [2.24, 2.45) is 11.7 Å². The number of aromatic nitrogens is 1. The molecule has 2 N–H and O–H groups in total. The summed E-state index contributed by atoms with van der Waals surface area (Å²) in [6.07, 6.45) is 5.58. The second kappa shape index (κ2) is 5.10. The summed E-state index contributed by atoms with van der Waals surface area (Å²) in [6, 6.07) is 4.13. The summed E-state index contributed by atoms with van der Waals surface area (Å²) in [5.74, 6) is 0.863. The van der Waals surface area contributed by atoms with E-state index in [9.17, 15) is 0 Å². The van der Waals surface area contributed by atoms with Gasteiger partial charge in [-0.25, -0.2) is 4.98 Å². The third-order valence-electron chi connectivity index (χ3n) is 2.47. The zero-order valence-electron chi connectivity index (χ0n) is 7.82. The smallest absolute Gasteiger partial charge is 0.110 e. The highest BCUT2D eigenvalue weighted by atomic mass is 79.9. The highest BCUT2D eigenvalue weighted by molar-refractivity contribution is 9.10. The molecule has 0 saturated heterocycles. The van der Waals surface area contributed by atoms with Crippen LogP contribution in [0.3, 0.4) is 0 Å². The van der Waals surface area contributed by atoms with Gasteiger partial charge in [-0.15, -0.1) is 12.4 Å². The summed E-state index contributed by atoms with van der Waals surface area (Å²) in [5, 5.41) is 0. The minimum atomic E-state index is 0. The fourth-order valence-corrected chi connectivity index (χ4v) is 2.06. The van der Waals surface area contributed by atoms with Gasteiger partial charge in [-0.05, 0) is 34.3 Å². The Kier molecular flexibility index (Phi) is 4.35. The maximum absolute atomic E-state index is 6.07. The molecule has 78 valence electrons.